The van der Waals surface area contributed by atoms with E-state index in [0.717, 1.165) is 43.4 Å². The zero-order valence-corrected chi connectivity index (χ0v) is 18.5. The maximum Gasteiger partial charge on any atom is 0.416 e. The van der Waals surface area contributed by atoms with E-state index in [-0.39, 0.29) is 6.42 Å². The number of thioether (sulfide) groups is 1. The number of halogens is 3. The molecule has 2 aromatic heterocycles. The lowest BCUT2D eigenvalue weighted by Gasteiger charge is -2.06. The Bertz CT molecular complexity index is 1250. The highest BCUT2D eigenvalue weighted by Gasteiger charge is 2.30. The van der Waals surface area contributed by atoms with Gasteiger partial charge in [-0.2, -0.15) is 13.2 Å². The van der Waals surface area contributed by atoms with Gasteiger partial charge in [-0.15, -0.1) is 34.4 Å². The first-order valence-corrected chi connectivity index (χ1v) is 11.7. The van der Waals surface area contributed by atoms with Gasteiger partial charge in [0.25, 0.3) is 0 Å². The monoisotopic (exact) mass is 480 g/mol. The van der Waals surface area contributed by atoms with Gasteiger partial charge in [0.15, 0.2) is 0 Å². The van der Waals surface area contributed by atoms with E-state index < -0.39 is 17.7 Å². The molecule has 10 heteroatoms. The number of fused-ring (bicyclic) bond motifs is 1. The Morgan fingerprint density at radius 2 is 1.94 bits per heavy atom. The average molecular weight is 481 g/mol. The topological polar surface area (TPSA) is 63.1 Å². The standard InChI is InChI=1S/C21H15F3N2O2S3/c1-11-17(31-20(26-11)13-2-4-14(5-3-13)21(22,23)24)9-29-15-6-12(8-18(27)28)7-16-19(15)25-10-30-16/h2-7,10H,8-9H2,1H3,(H,27,28). The van der Waals surface area contributed by atoms with Gasteiger partial charge in [-0.25, -0.2) is 9.97 Å². The molecule has 0 saturated carbocycles. The molecule has 0 aliphatic carbocycles. The summed E-state index contributed by atoms with van der Waals surface area (Å²) < 4.78 is 39.3. The SMILES string of the molecule is Cc1nc(-c2ccc(C(F)(F)F)cc2)sc1CSc1cc(CC(=O)O)cc2scnc12. The van der Waals surface area contributed by atoms with Gasteiger partial charge in [0.05, 0.1) is 33.4 Å². The average Bonchev–Trinajstić information content (AvgIpc) is 3.31. The van der Waals surface area contributed by atoms with Gasteiger partial charge >= 0.3 is 12.1 Å². The number of carboxylic acid groups (broad SMARTS) is 1. The number of aromatic nitrogens is 2. The lowest BCUT2D eigenvalue weighted by Crippen LogP contribution is -2.03. The first-order valence-electron chi connectivity index (χ1n) is 9.05. The van der Waals surface area contributed by atoms with E-state index in [1.54, 1.807) is 17.3 Å². The maximum atomic E-state index is 12.8. The number of hydrogen-bond donors (Lipinski definition) is 1. The van der Waals surface area contributed by atoms with Crippen molar-refractivity contribution in [3.05, 3.63) is 63.6 Å². The van der Waals surface area contributed by atoms with Crippen LogP contribution in [-0.4, -0.2) is 21.0 Å². The molecule has 4 nitrogen and oxygen atoms in total. The molecule has 4 aromatic rings. The molecule has 0 aliphatic rings. The molecular weight excluding hydrogens is 465 g/mol. The predicted molar refractivity (Wildman–Crippen MR) is 118 cm³/mol. The van der Waals surface area contributed by atoms with Crippen LogP contribution in [0, 0.1) is 6.92 Å². The molecule has 0 atom stereocenters. The van der Waals surface area contributed by atoms with Crippen molar-refractivity contribution in [2.24, 2.45) is 0 Å². The first kappa shape index (κ1) is 21.8. The minimum atomic E-state index is -4.37. The third kappa shape index (κ3) is 4.91. The number of thiazole rings is 2. The molecule has 0 saturated heterocycles. The zero-order valence-electron chi connectivity index (χ0n) is 16.1. The van der Waals surface area contributed by atoms with Crippen molar-refractivity contribution in [2.75, 3.05) is 0 Å². The number of aryl methyl sites for hydroxylation is 1. The number of aliphatic carboxylic acids is 1. The van der Waals surface area contributed by atoms with Gasteiger partial charge in [0.2, 0.25) is 0 Å². The Morgan fingerprint density at radius 1 is 1.19 bits per heavy atom. The van der Waals surface area contributed by atoms with Crippen molar-refractivity contribution in [1.29, 1.82) is 0 Å². The number of alkyl halides is 3. The summed E-state index contributed by atoms with van der Waals surface area (Å²) in [5.41, 5.74) is 4.08. The number of benzene rings is 2. The molecule has 0 unspecified atom stereocenters. The van der Waals surface area contributed by atoms with E-state index in [9.17, 15) is 18.0 Å². The van der Waals surface area contributed by atoms with Crippen LogP contribution < -0.4 is 0 Å². The molecule has 2 heterocycles. The van der Waals surface area contributed by atoms with Crippen LogP contribution in [0.15, 0.2) is 46.8 Å². The summed E-state index contributed by atoms with van der Waals surface area (Å²) in [6.45, 7) is 1.87. The fourth-order valence-electron chi connectivity index (χ4n) is 3.01. The van der Waals surface area contributed by atoms with E-state index in [1.165, 1.54) is 34.8 Å². The Labute approximate surface area is 187 Å². The lowest BCUT2D eigenvalue weighted by atomic mass is 10.1. The van der Waals surface area contributed by atoms with Gasteiger partial charge in [-0.3, -0.25) is 4.79 Å². The van der Waals surface area contributed by atoms with Gasteiger partial charge < -0.3 is 5.11 Å². The molecule has 0 aliphatic heterocycles. The number of rotatable bonds is 6. The third-order valence-electron chi connectivity index (χ3n) is 4.53. The van der Waals surface area contributed by atoms with Crippen molar-refractivity contribution in [3.8, 4) is 10.6 Å². The van der Waals surface area contributed by atoms with Gasteiger partial charge in [0.1, 0.15) is 5.01 Å². The van der Waals surface area contributed by atoms with E-state index in [2.05, 4.69) is 9.97 Å². The Kier molecular flexibility index (Phi) is 6.05. The molecule has 2 aromatic carbocycles. The number of carboxylic acids is 1. The van der Waals surface area contributed by atoms with Crippen molar-refractivity contribution in [1.82, 2.24) is 9.97 Å². The van der Waals surface area contributed by atoms with Crippen molar-refractivity contribution >= 4 is 50.6 Å². The first-order chi connectivity index (χ1) is 14.7. The normalized spacial score (nSPS) is 11.9. The Hall–Kier alpha value is -2.43. The second kappa shape index (κ2) is 8.60. The summed E-state index contributed by atoms with van der Waals surface area (Å²) in [6, 6.07) is 8.71. The van der Waals surface area contributed by atoms with Crippen LogP contribution in [0.25, 0.3) is 20.8 Å². The van der Waals surface area contributed by atoms with Crippen molar-refractivity contribution in [3.63, 3.8) is 0 Å². The van der Waals surface area contributed by atoms with Gasteiger partial charge in [-0.05, 0) is 36.8 Å². The van der Waals surface area contributed by atoms with Crippen LogP contribution in [0.4, 0.5) is 13.2 Å². The number of hydrogen-bond acceptors (Lipinski definition) is 6. The molecule has 0 radical (unpaired) electrons. The van der Waals surface area contributed by atoms with Crippen LogP contribution in [0.5, 0.6) is 0 Å². The highest BCUT2D eigenvalue weighted by atomic mass is 32.2. The number of nitrogens with zero attached hydrogens (tertiary/aromatic N) is 2. The van der Waals surface area contributed by atoms with Gasteiger partial charge in [0, 0.05) is 21.1 Å². The van der Waals surface area contributed by atoms with E-state index in [0.29, 0.717) is 16.3 Å². The maximum absolute atomic E-state index is 12.8. The number of carbonyl (C=O) groups is 1. The molecule has 0 amide bonds. The lowest BCUT2D eigenvalue weighted by molar-refractivity contribution is -0.138. The fourth-order valence-corrected chi connectivity index (χ4v) is 6.14. The largest absolute Gasteiger partial charge is 0.481 e. The highest BCUT2D eigenvalue weighted by Crippen LogP contribution is 2.37. The summed E-state index contributed by atoms with van der Waals surface area (Å²) in [5.74, 6) is -0.285. The van der Waals surface area contributed by atoms with Gasteiger partial charge in [-0.1, -0.05) is 12.1 Å². The van der Waals surface area contributed by atoms with E-state index in [4.69, 9.17) is 5.11 Å². The van der Waals surface area contributed by atoms with Crippen LogP contribution in [0.1, 0.15) is 21.7 Å². The molecule has 0 spiro atoms. The minimum absolute atomic E-state index is 0.0565. The third-order valence-corrected chi connectivity index (χ3v) is 7.75. The molecule has 31 heavy (non-hydrogen) atoms. The van der Waals surface area contributed by atoms with Crippen LogP contribution in [0.2, 0.25) is 0 Å². The Morgan fingerprint density at radius 3 is 2.61 bits per heavy atom. The predicted octanol–water partition coefficient (Wildman–Crippen LogP) is 6.67. The molecular formula is C21H15F3N2O2S3. The summed E-state index contributed by atoms with van der Waals surface area (Å²) in [6.07, 6.45) is -4.42. The molecule has 4 rings (SSSR count). The molecule has 160 valence electrons. The van der Waals surface area contributed by atoms with E-state index >= 15 is 0 Å². The minimum Gasteiger partial charge on any atom is -0.481 e. The summed E-state index contributed by atoms with van der Waals surface area (Å²) >= 11 is 4.46. The second-order valence-electron chi connectivity index (χ2n) is 6.75. The van der Waals surface area contributed by atoms with E-state index in [1.807, 2.05) is 19.1 Å². The Balaban J connectivity index is 1.56. The van der Waals surface area contributed by atoms with Crippen molar-refractivity contribution in [2.45, 2.75) is 30.2 Å². The molecule has 1 N–H and O–H groups in total. The molecule has 0 fully saturated rings. The fraction of sp³-hybridized carbons (Fsp3) is 0.190. The van der Waals surface area contributed by atoms with Crippen LogP contribution in [-0.2, 0) is 23.1 Å². The smallest absolute Gasteiger partial charge is 0.416 e. The van der Waals surface area contributed by atoms with Crippen LogP contribution in [0.3, 0.4) is 0 Å². The molecule has 0 bridgehead atoms. The highest BCUT2D eigenvalue weighted by molar-refractivity contribution is 7.98. The zero-order chi connectivity index (χ0) is 22.2. The summed E-state index contributed by atoms with van der Waals surface area (Å²) in [5, 5.41) is 9.78. The summed E-state index contributed by atoms with van der Waals surface area (Å²) in [7, 11) is 0. The van der Waals surface area contributed by atoms with Crippen LogP contribution >= 0.6 is 34.4 Å². The quantitative estimate of drug-likeness (QED) is 0.313. The van der Waals surface area contributed by atoms with Crippen molar-refractivity contribution < 1.29 is 23.1 Å². The second-order valence-corrected chi connectivity index (χ2v) is 9.74. The summed E-state index contributed by atoms with van der Waals surface area (Å²) in [4.78, 5) is 21.9.